The van der Waals surface area contributed by atoms with Crippen LogP contribution in [-0.4, -0.2) is 53.8 Å². The van der Waals surface area contributed by atoms with Gasteiger partial charge in [-0.05, 0) is 38.0 Å². The SMILES string of the molecule is CCC1(C(=O)O)CCCN1C(=O)NCC1CCOCC1. The molecule has 2 saturated heterocycles. The molecule has 2 aliphatic rings. The summed E-state index contributed by atoms with van der Waals surface area (Å²) in [7, 11) is 0. The third-order valence-corrected chi connectivity index (χ3v) is 4.60. The van der Waals surface area contributed by atoms with E-state index in [0.717, 1.165) is 32.5 Å². The molecule has 0 aromatic rings. The summed E-state index contributed by atoms with van der Waals surface area (Å²) in [5.41, 5.74) is -1.01. The molecule has 2 N–H and O–H groups in total. The van der Waals surface area contributed by atoms with E-state index in [1.54, 1.807) is 0 Å². The second-order valence-electron chi connectivity index (χ2n) is 5.69. The van der Waals surface area contributed by atoms with E-state index in [2.05, 4.69) is 5.32 Å². The molecule has 0 radical (unpaired) electrons. The van der Waals surface area contributed by atoms with Gasteiger partial charge in [-0.15, -0.1) is 0 Å². The summed E-state index contributed by atoms with van der Waals surface area (Å²) in [6.45, 7) is 4.46. The molecule has 0 bridgehead atoms. The highest BCUT2D eigenvalue weighted by molar-refractivity contribution is 5.87. The Hall–Kier alpha value is -1.30. The minimum absolute atomic E-state index is 0.238. The number of aliphatic carboxylic acids is 1. The molecule has 1 atom stereocenters. The molecule has 0 spiro atoms. The third-order valence-electron chi connectivity index (χ3n) is 4.60. The lowest BCUT2D eigenvalue weighted by molar-refractivity contribution is -0.148. The summed E-state index contributed by atoms with van der Waals surface area (Å²) < 4.78 is 5.29. The lowest BCUT2D eigenvalue weighted by atomic mass is 9.93. The van der Waals surface area contributed by atoms with E-state index >= 15 is 0 Å². The maximum atomic E-state index is 12.3. The van der Waals surface area contributed by atoms with Gasteiger partial charge in [0.05, 0.1) is 0 Å². The van der Waals surface area contributed by atoms with Crippen molar-refractivity contribution in [3.8, 4) is 0 Å². The smallest absolute Gasteiger partial charge is 0.329 e. The Morgan fingerprint density at radius 3 is 2.70 bits per heavy atom. The number of hydrogen-bond acceptors (Lipinski definition) is 3. The Bertz CT molecular complexity index is 368. The molecule has 0 aromatic carbocycles. The van der Waals surface area contributed by atoms with Crippen LogP contribution < -0.4 is 5.32 Å². The fourth-order valence-corrected chi connectivity index (χ4v) is 3.19. The summed E-state index contributed by atoms with van der Waals surface area (Å²) in [6, 6.07) is -0.238. The molecule has 0 aromatic heterocycles. The average Bonchev–Trinajstić information content (AvgIpc) is 2.91. The average molecular weight is 284 g/mol. The highest BCUT2D eigenvalue weighted by Gasteiger charge is 2.48. The first-order valence-corrected chi connectivity index (χ1v) is 7.47. The Kier molecular flexibility index (Phi) is 4.86. The van der Waals surface area contributed by atoms with Gasteiger partial charge in [0.25, 0.3) is 0 Å². The number of urea groups is 1. The van der Waals surface area contributed by atoms with Gasteiger partial charge in [0.2, 0.25) is 0 Å². The number of likely N-dealkylation sites (tertiary alicyclic amines) is 1. The van der Waals surface area contributed by atoms with Crippen LogP contribution in [0.5, 0.6) is 0 Å². The lowest BCUT2D eigenvalue weighted by Crippen LogP contribution is -2.56. The second-order valence-corrected chi connectivity index (χ2v) is 5.69. The summed E-state index contributed by atoms with van der Waals surface area (Å²) in [6.07, 6.45) is 3.66. The van der Waals surface area contributed by atoms with Crippen LogP contribution in [0.1, 0.15) is 39.0 Å². The van der Waals surface area contributed by atoms with Gasteiger partial charge >= 0.3 is 12.0 Å². The largest absolute Gasteiger partial charge is 0.479 e. The van der Waals surface area contributed by atoms with E-state index in [9.17, 15) is 14.7 Å². The minimum Gasteiger partial charge on any atom is -0.479 e. The van der Waals surface area contributed by atoms with Crippen LogP contribution in [0.25, 0.3) is 0 Å². The van der Waals surface area contributed by atoms with Crippen LogP contribution in [0.3, 0.4) is 0 Å². The number of carbonyl (C=O) groups is 2. The van der Waals surface area contributed by atoms with Crippen LogP contribution in [0.15, 0.2) is 0 Å². The monoisotopic (exact) mass is 284 g/mol. The topological polar surface area (TPSA) is 78.9 Å². The van der Waals surface area contributed by atoms with Gasteiger partial charge in [0.1, 0.15) is 5.54 Å². The zero-order chi connectivity index (χ0) is 14.6. The molecule has 2 amide bonds. The second kappa shape index (κ2) is 6.43. The third kappa shape index (κ3) is 2.90. The van der Waals surface area contributed by atoms with Crippen LogP contribution in [-0.2, 0) is 9.53 Å². The van der Waals surface area contributed by atoms with Crippen molar-refractivity contribution in [3.63, 3.8) is 0 Å². The summed E-state index contributed by atoms with van der Waals surface area (Å²) in [4.78, 5) is 25.3. The Balaban J connectivity index is 1.92. The maximum Gasteiger partial charge on any atom is 0.329 e. The van der Waals surface area contributed by atoms with Gasteiger partial charge in [-0.25, -0.2) is 9.59 Å². The van der Waals surface area contributed by atoms with Crippen molar-refractivity contribution in [1.29, 1.82) is 0 Å². The Labute approximate surface area is 119 Å². The van der Waals surface area contributed by atoms with Gasteiger partial charge in [-0.1, -0.05) is 6.92 Å². The number of rotatable bonds is 4. The standard InChI is InChI=1S/C14H24N2O4/c1-2-14(12(17)18)6-3-7-16(14)13(19)15-10-11-4-8-20-9-5-11/h11H,2-10H2,1H3,(H,15,19)(H,17,18). The molecule has 1 unspecified atom stereocenters. The highest BCUT2D eigenvalue weighted by atomic mass is 16.5. The van der Waals surface area contributed by atoms with Gasteiger partial charge in [-0.3, -0.25) is 0 Å². The molecule has 114 valence electrons. The molecule has 0 saturated carbocycles. The predicted molar refractivity (Wildman–Crippen MR) is 73.5 cm³/mol. The maximum absolute atomic E-state index is 12.3. The summed E-state index contributed by atoms with van der Waals surface area (Å²) in [5, 5.41) is 12.4. The first kappa shape index (κ1) is 15.1. The Morgan fingerprint density at radius 2 is 2.10 bits per heavy atom. The van der Waals surface area contributed by atoms with Gasteiger partial charge in [0, 0.05) is 26.3 Å². The van der Waals surface area contributed by atoms with Crippen molar-refractivity contribution in [1.82, 2.24) is 10.2 Å². The first-order chi connectivity index (χ1) is 9.60. The molecular weight excluding hydrogens is 260 g/mol. The first-order valence-electron chi connectivity index (χ1n) is 7.47. The van der Waals surface area contributed by atoms with Gasteiger partial charge < -0.3 is 20.1 Å². The number of nitrogens with zero attached hydrogens (tertiary/aromatic N) is 1. The van der Waals surface area contributed by atoms with Crippen molar-refractivity contribution in [2.75, 3.05) is 26.3 Å². The number of carboxylic acid groups (broad SMARTS) is 1. The van der Waals surface area contributed by atoms with Gasteiger partial charge in [-0.2, -0.15) is 0 Å². The molecule has 2 fully saturated rings. The highest BCUT2D eigenvalue weighted by Crippen LogP contribution is 2.32. The minimum atomic E-state index is -1.01. The fourth-order valence-electron chi connectivity index (χ4n) is 3.19. The molecule has 6 nitrogen and oxygen atoms in total. The Morgan fingerprint density at radius 1 is 1.40 bits per heavy atom. The van der Waals surface area contributed by atoms with E-state index in [0.29, 0.717) is 31.8 Å². The van der Waals surface area contributed by atoms with Crippen LogP contribution in [0.4, 0.5) is 4.79 Å². The van der Waals surface area contributed by atoms with Crippen molar-refractivity contribution in [2.24, 2.45) is 5.92 Å². The van der Waals surface area contributed by atoms with Crippen molar-refractivity contribution in [3.05, 3.63) is 0 Å². The van der Waals surface area contributed by atoms with E-state index in [-0.39, 0.29) is 6.03 Å². The summed E-state index contributed by atoms with van der Waals surface area (Å²) in [5.74, 6) is -0.449. The number of amides is 2. The van der Waals surface area contributed by atoms with Crippen molar-refractivity contribution >= 4 is 12.0 Å². The summed E-state index contributed by atoms with van der Waals surface area (Å²) >= 11 is 0. The van der Waals surface area contributed by atoms with Crippen LogP contribution >= 0.6 is 0 Å². The molecule has 2 rings (SSSR count). The van der Waals surface area contributed by atoms with E-state index in [4.69, 9.17) is 4.74 Å². The number of carboxylic acids is 1. The van der Waals surface area contributed by atoms with Crippen molar-refractivity contribution in [2.45, 2.75) is 44.6 Å². The fraction of sp³-hybridized carbons (Fsp3) is 0.857. The number of ether oxygens (including phenoxy) is 1. The predicted octanol–water partition coefficient (Wildman–Crippen LogP) is 1.45. The number of carbonyl (C=O) groups excluding carboxylic acids is 1. The quantitative estimate of drug-likeness (QED) is 0.819. The molecule has 2 aliphatic heterocycles. The molecule has 6 heteroatoms. The van der Waals surface area contributed by atoms with Crippen LogP contribution in [0.2, 0.25) is 0 Å². The lowest BCUT2D eigenvalue weighted by Gasteiger charge is -2.34. The molecule has 20 heavy (non-hydrogen) atoms. The molecule has 2 heterocycles. The normalized spacial score (nSPS) is 27.6. The molecule has 0 aliphatic carbocycles. The number of hydrogen-bond donors (Lipinski definition) is 2. The van der Waals surface area contributed by atoms with Gasteiger partial charge in [0.15, 0.2) is 0 Å². The zero-order valence-corrected chi connectivity index (χ0v) is 12.1. The van der Waals surface area contributed by atoms with Crippen LogP contribution in [0, 0.1) is 5.92 Å². The van der Waals surface area contributed by atoms with E-state index in [1.165, 1.54) is 4.90 Å². The molecular formula is C14H24N2O4. The van der Waals surface area contributed by atoms with E-state index < -0.39 is 11.5 Å². The van der Waals surface area contributed by atoms with E-state index in [1.807, 2.05) is 6.92 Å². The van der Waals surface area contributed by atoms with Crippen molar-refractivity contribution < 1.29 is 19.4 Å². The number of nitrogens with one attached hydrogen (secondary N) is 1. The zero-order valence-electron chi connectivity index (χ0n) is 12.1.